The van der Waals surface area contributed by atoms with Gasteiger partial charge in [0.2, 0.25) is 0 Å². The molecule has 2 rings (SSSR count). The van der Waals surface area contributed by atoms with E-state index in [1.165, 1.54) is 58.2 Å². The number of nitrogens with zero attached hydrogens (tertiary/aromatic N) is 1. The van der Waals surface area contributed by atoms with E-state index in [1.807, 2.05) is 0 Å². The zero-order valence-electron chi connectivity index (χ0n) is 15.1. The van der Waals surface area contributed by atoms with Gasteiger partial charge in [-0.1, -0.05) is 41.0 Å². The van der Waals surface area contributed by atoms with E-state index >= 15 is 0 Å². The molecule has 0 bridgehead atoms. The van der Waals surface area contributed by atoms with Gasteiger partial charge < -0.3 is 10.6 Å². The van der Waals surface area contributed by atoms with E-state index in [0.29, 0.717) is 22.8 Å². The van der Waals surface area contributed by atoms with E-state index in [2.05, 4.69) is 39.5 Å². The summed E-state index contributed by atoms with van der Waals surface area (Å²) in [4.78, 5) is 2.70. The Hall–Kier alpha value is -0.0800. The Morgan fingerprint density at radius 2 is 1.76 bits per heavy atom. The van der Waals surface area contributed by atoms with Crippen LogP contribution in [0.15, 0.2) is 0 Å². The van der Waals surface area contributed by atoms with Crippen LogP contribution in [-0.4, -0.2) is 30.6 Å². The van der Waals surface area contributed by atoms with Crippen LogP contribution in [0, 0.1) is 22.7 Å². The summed E-state index contributed by atoms with van der Waals surface area (Å²) in [6, 6.07) is 0.433. The summed E-state index contributed by atoms with van der Waals surface area (Å²) in [7, 11) is 0. The Bertz CT molecular complexity index is 323. The second-order valence-electron chi connectivity index (χ2n) is 9.26. The number of nitrogens with two attached hydrogens (primary N) is 1. The highest BCUT2D eigenvalue weighted by Crippen LogP contribution is 2.41. The van der Waals surface area contributed by atoms with Crippen LogP contribution in [0.4, 0.5) is 0 Å². The third kappa shape index (κ3) is 4.45. The van der Waals surface area contributed by atoms with Crippen LogP contribution in [0.1, 0.15) is 73.1 Å². The highest BCUT2D eigenvalue weighted by atomic mass is 15.1. The molecule has 3 unspecified atom stereocenters. The second kappa shape index (κ2) is 6.58. The van der Waals surface area contributed by atoms with Gasteiger partial charge in [-0.05, 0) is 67.9 Å². The lowest BCUT2D eigenvalue weighted by molar-refractivity contribution is 0.0647. The van der Waals surface area contributed by atoms with Gasteiger partial charge in [0.25, 0.3) is 0 Å². The Kier molecular flexibility index (Phi) is 5.41. The van der Waals surface area contributed by atoms with Crippen molar-refractivity contribution >= 4 is 0 Å². The molecule has 0 amide bonds. The SMILES string of the molecule is CCC1(C)CCN(CC2CC(C(C)(C)C)CCC2N)CC1. The van der Waals surface area contributed by atoms with Gasteiger partial charge in [-0.25, -0.2) is 0 Å². The molecule has 0 aromatic rings. The number of hydrogen-bond donors (Lipinski definition) is 1. The van der Waals surface area contributed by atoms with Crippen molar-refractivity contribution in [1.82, 2.24) is 4.90 Å². The van der Waals surface area contributed by atoms with Gasteiger partial charge in [-0.2, -0.15) is 0 Å². The van der Waals surface area contributed by atoms with Crippen molar-refractivity contribution in [3.8, 4) is 0 Å². The highest BCUT2D eigenvalue weighted by molar-refractivity contribution is 4.90. The summed E-state index contributed by atoms with van der Waals surface area (Å²) >= 11 is 0. The molecular formula is C19H38N2. The summed E-state index contributed by atoms with van der Waals surface area (Å²) in [6.07, 6.45) is 7.96. The third-order valence-corrected chi connectivity index (χ3v) is 6.68. The van der Waals surface area contributed by atoms with Crippen molar-refractivity contribution in [1.29, 1.82) is 0 Å². The predicted octanol–water partition coefficient (Wildman–Crippen LogP) is 4.29. The molecule has 1 saturated heterocycles. The van der Waals surface area contributed by atoms with E-state index in [-0.39, 0.29) is 0 Å². The topological polar surface area (TPSA) is 29.3 Å². The minimum atomic E-state index is 0.433. The van der Waals surface area contributed by atoms with Gasteiger partial charge in [-0.3, -0.25) is 0 Å². The first-order valence-electron chi connectivity index (χ1n) is 9.21. The summed E-state index contributed by atoms with van der Waals surface area (Å²) in [5.74, 6) is 1.57. The first-order valence-corrected chi connectivity index (χ1v) is 9.21. The first kappa shape index (κ1) is 17.3. The monoisotopic (exact) mass is 294 g/mol. The van der Waals surface area contributed by atoms with E-state index in [0.717, 1.165) is 5.92 Å². The number of rotatable bonds is 3. The van der Waals surface area contributed by atoms with Crippen LogP contribution in [0.2, 0.25) is 0 Å². The number of hydrogen-bond acceptors (Lipinski definition) is 2. The van der Waals surface area contributed by atoms with E-state index in [9.17, 15) is 0 Å². The molecule has 2 aliphatic rings. The van der Waals surface area contributed by atoms with Gasteiger partial charge in [0.15, 0.2) is 0 Å². The molecule has 3 atom stereocenters. The molecular weight excluding hydrogens is 256 g/mol. The maximum atomic E-state index is 6.45. The molecule has 1 aliphatic carbocycles. The maximum absolute atomic E-state index is 6.45. The lowest BCUT2D eigenvalue weighted by Crippen LogP contribution is -2.47. The Morgan fingerprint density at radius 1 is 1.14 bits per heavy atom. The molecule has 2 fully saturated rings. The lowest BCUT2D eigenvalue weighted by atomic mass is 9.67. The summed E-state index contributed by atoms with van der Waals surface area (Å²) in [6.45, 7) is 15.8. The fraction of sp³-hybridized carbons (Fsp3) is 1.00. The molecule has 0 radical (unpaired) electrons. The molecule has 0 aromatic heterocycles. The van der Waals surface area contributed by atoms with Crippen molar-refractivity contribution < 1.29 is 0 Å². The van der Waals surface area contributed by atoms with Gasteiger partial charge >= 0.3 is 0 Å². The largest absolute Gasteiger partial charge is 0.327 e. The van der Waals surface area contributed by atoms with Crippen LogP contribution >= 0.6 is 0 Å². The molecule has 1 heterocycles. The van der Waals surface area contributed by atoms with Crippen molar-refractivity contribution in [2.24, 2.45) is 28.4 Å². The van der Waals surface area contributed by atoms with Crippen molar-refractivity contribution in [2.45, 2.75) is 79.2 Å². The van der Waals surface area contributed by atoms with Gasteiger partial charge in [0.05, 0.1) is 0 Å². The van der Waals surface area contributed by atoms with E-state index < -0.39 is 0 Å². The highest BCUT2D eigenvalue weighted by Gasteiger charge is 2.36. The second-order valence-corrected chi connectivity index (χ2v) is 9.26. The average Bonchev–Trinajstić information content (AvgIpc) is 2.42. The molecule has 0 aromatic carbocycles. The third-order valence-electron chi connectivity index (χ3n) is 6.68. The van der Waals surface area contributed by atoms with Crippen LogP contribution < -0.4 is 5.73 Å². The van der Waals surface area contributed by atoms with Crippen molar-refractivity contribution in [2.75, 3.05) is 19.6 Å². The smallest absolute Gasteiger partial charge is 0.00795 e. The van der Waals surface area contributed by atoms with Crippen LogP contribution in [0.25, 0.3) is 0 Å². The Balaban J connectivity index is 1.87. The van der Waals surface area contributed by atoms with E-state index in [4.69, 9.17) is 5.73 Å². The van der Waals surface area contributed by atoms with Crippen LogP contribution in [-0.2, 0) is 0 Å². The molecule has 124 valence electrons. The molecule has 1 saturated carbocycles. The normalized spacial score (nSPS) is 34.9. The lowest BCUT2D eigenvalue weighted by Gasteiger charge is -2.44. The molecule has 21 heavy (non-hydrogen) atoms. The zero-order chi connectivity index (χ0) is 15.7. The minimum absolute atomic E-state index is 0.433. The van der Waals surface area contributed by atoms with Crippen LogP contribution in [0.5, 0.6) is 0 Å². The molecule has 0 spiro atoms. The summed E-state index contributed by atoms with van der Waals surface area (Å²) in [5.41, 5.74) is 7.50. The standard InChI is InChI=1S/C19H38N2/c1-6-19(5)9-11-21(12-10-19)14-15-13-16(18(2,3)4)7-8-17(15)20/h15-17H,6-14,20H2,1-5H3. The number of piperidine rings is 1. The summed E-state index contributed by atoms with van der Waals surface area (Å²) < 4.78 is 0. The molecule has 1 aliphatic heterocycles. The zero-order valence-corrected chi connectivity index (χ0v) is 15.1. The number of likely N-dealkylation sites (tertiary alicyclic amines) is 1. The van der Waals surface area contributed by atoms with E-state index in [1.54, 1.807) is 0 Å². The quantitative estimate of drug-likeness (QED) is 0.841. The first-order chi connectivity index (χ1) is 9.73. The predicted molar refractivity (Wildman–Crippen MR) is 92.3 cm³/mol. The maximum Gasteiger partial charge on any atom is 0.00795 e. The van der Waals surface area contributed by atoms with Gasteiger partial charge in [0, 0.05) is 12.6 Å². The van der Waals surface area contributed by atoms with Crippen molar-refractivity contribution in [3.63, 3.8) is 0 Å². The molecule has 2 nitrogen and oxygen atoms in total. The average molecular weight is 295 g/mol. The van der Waals surface area contributed by atoms with Crippen molar-refractivity contribution in [3.05, 3.63) is 0 Å². The van der Waals surface area contributed by atoms with Gasteiger partial charge in [-0.15, -0.1) is 0 Å². The molecule has 2 N–H and O–H groups in total. The van der Waals surface area contributed by atoms with Gasteiger partial charge in [0.1, 0.15) is 0 Å². The fourth-order valence-corrected chi connectivity index (χ4v) is 4.24. The minimum Gasteiger partial charge on any atom is -0.327 e. The fourth-order valence-electron chi connectivity index (χ4n) is 4.24. The summed E-state index contributed by atoms with van der Waals surface area (Å²) in [5, 5.41) is 0. The Morgan fingerprint density at radius 3 is 2.29 bits per heavy atom. The molecule has 2 heteroatoms. The Labute approximate surface area is 132 Å². The van der Waals surface area contributed by atoms with Crippen LogP contribution in [0.3, 0.4) is 0 Å².